The molecule has 1 fully saturated rings. The molecule has 0 atom stereocenters. The van der Waals surface area contributed by atoms with Crippen molar-refractivity contribution in [2.24, 2.45) is 7.05 Å². The normalized spacial score (nSPS) is 19.7. The van der Waals surface area contributed by atoms with E-state index in [9.17, 15) is 13.7 Å². The van der Waals surface area contributed by atoms with Gasteiger partial charge in [0.15, 0.2) is 5.03 Å². The summed E-state index contributed by atoms with van der Waals surface area (Å²) in [7, 11) is -0.0832. The Hall–Kier alpha value is -1.43. The fraction of sp³-hybridized carbons (Fsp3) is 0.667. The van der Waals surface area contributed by atoms with Crippen LogP contribution in [0.15, 0.2) is 11.2 Å². The SMILES string of the molecule is Cc1nc(S(=O)(=O)NC2(C#N)CCN(C)CC2)cn1C. The Morgan fingerprint density at radius 1 is 1.40 bits per heavy atom. The maximum Gasteiger partial charge on any atom is 0.260 e. The fourth-order valence-corrected chi connectivity index (χ4v) is 3.62. The van der Waals surface area contributed by atoms with E-state index in [1.165, 1.54) is 6.20 Å². The zero-order valence-electron chi connectivity index (χ0n) is 11.9. The van der Waals surface area contributed by atoms with Crippen LogP contribution in [0.1, 0.15) is 18.7 Å². The van der Waals surface area contributed by atoms with Gasteiger partial charge in [-0.2, -0.15) is 9.98 Å². The van der Waals surface area contributed by atoms with Crippen LogP contribution in [0.5, 0.6) is 0 Å². The molecule has 20 heavy (non-hydrogen) atoms. The van der Waals surface area contributed by atoms with Gasteiger partial charge in [0.2, 0.25) is 0 Å². The average Bonchev–Trinajstić information content (AvgIpc) is 2.74. The van der Waals surface area contributed by atoms with E-state index >= 15 is 0 Å². The predicted octanol–water partition coefficient (Wildman–Crippen LogP) is -0.00520. The van der Waals surface area contributed by atoms with Gasteiger partial charge in [0.25, 0.3) is 10.0 Å². The summed E-state index contributed by atoms with van der Waals surface area (Å²) in [6.07, 6.45) is 2.41. The first kappa shape index (κ1) is 15.0. The molecule has 0 aliphatic carbocycles. The lowest BCUT2D eigenvalue weighted by Crippen LogP contribution is -2.53. The Balaban J connectivity index is 2.25. The lowest BCUT2D eigenvalue weighted by molar-refractivity contribution is 0.213. The van der Waals surface area contributed by atoms with Crippen LogP contribution >= 0.6 is 0 Å². The van der Waals surface area contributed by atoms with E-state index in [0.717, 1.165) is 0 Å². The quantitative estimate of drug-likeness (QED) is 0.847. The summed E-state index contributed by atoms with van der Waals surface area (Å²) in [5, 5.41) is 9.34. The van der Waals surface area contributed by atoms with Crippen molar-refractivity contribution in [1.82, 2.24) is 19.2 Å². The Morgan fingerprint density at radius 3 is 2.45 bits per heavy atom. The third-order valence-corrected chi connectivity index (χ3v) is 5.15. The van der Waals surface area contributed by atoms with Gasteiger partial charge in [-0.1, -0.05) is 0 Å². The minimum Gasteiger partial charge on any atom is -0.337 e. The number of likely N-dealkylation sites (tertiary alicyclic amines) is 1. The van der Waals surface area contributed by atoms with Gasteiger partial charge in [0.05, 0.1) is 6.07 Å². The van der Waals surface area contributed by atoms with Gasteiger partial charge >= 0.3 is 0 Å². The standard InChI is InChI=1S/C12H19N5O2S/c1-10-14-11(8-17(10)3)20(18,19)15-12(9-13)4-6-16(2)7-5-12/h8,15H,4-7H2,1-3H3. The van der Waals surface area contributed by atoms with E-state index in [4.69, 9.17) is 0 Å². The van der Waals surface area contributed by atoms with Crippen molar-refractivity contribution in [3.8, 4) is 6.07 Å². The second kappa shape index (κ2) is 5.16. The third-order valence-electron chi connectivity index (χ3n) is 3.75. The minimum absolute atomic E-state index is 0.0361. The van der Waals surface area contributed by atoms with Crippen molar-refractivity contribution in [3.63, 3.8) is 0 Å². The van der Waals surface area contributed by atoms with Gasteiger partial charge < -0.3 is 9.47 Å². The van der Waals surface area contributed by atoms with Crippen molar-refractivity contribution < 1.29 is 8.42 Å². The van der Waals surface area contributed by atoms with Crippen molar-refractivity contribution in [2.45, 2.75) is 30.3 Å². The van der Waals surface area contributed by atoms with Crippen molar-refractivity contribution in [2.75, 3.05) is 20.1 Å². The van der Waals surface area contributed by atoms with Crippen molar-refractivity contribution in [3.05, 3.63) is 12.0 Å². The molecule has 1 aliphatic heterocycles. The van der Waals surface area contributed by atoms with E-state index in [0.29, 0.717) is 31.8 Å². The van der Waals surface area contributed by atoms with Crippen molar-refractivity contribution in [1.29, 1.82) is 5.26 Å². The lowest BCUT2D eigenvalue weighted by Gasteiger charge is -2.35. The summed E-state index contributed by atoms with van der Waals surface area (Å²) < 4.78 is 28.9. The monoisotopic (exact) mass is 297 g/mol. The summed E-state index contributed by atoms with van der Waals surface area (Å²) in [4.78, 5) is 6.10. The number of piperidine rings is 1. The number of sulfonamides is 1. The molecule has 0 bridgehead atoms. The molecule has 1 N–H and O–H groups in total. The number of aromatic nitrogens is 2. The number of rotatable bonds is 3. The predicted molar refractivity (Wildman–Crippen MR) is 73.3 cm³/mol. The zero-order chi connectivity index (χ0) is 15.0. The van der Waals surface area contributed by atoms with Crippen LogP contribution in [0, 0.1) is 18.3 Å². The molecule has 1 aromatic heterocycles. The number of nitrogens with zero attached hydrogens (tertiary/aromatic N) is 4. The van der Waals surface area contributed by atoms with E-state index in [-0.39, 0.29) is 5.03 Å². The van der Waals surface area contributed by atoms with Crippen LogP contribution < -0.4 is 4.72 Å². The maximum atomic E-state index is 12.4. The zero-order valence-corrected chi connectivity index (χ0v) is 12.7. The smallest absolute Gasteiger partial charge is 0.260 e. The fourth-order valence-electron chi connectivity index (χ4n) is 2.20. The highest BCUT2D eigenvalue weighted by Crippen LogP contribution is 2.23. The summed E-state index contributed by atoms with van der Waals surface area (Å²) in [5.41, 5.74) is -1.03. The Bertz CT molecular complexity index is 616. The molecule has 0 amide bonds. The van der Waals surface area contributed by atoms with Crippen LogP contribution in [0.3, 0.4) is 0 Å². The number of nitrogens with one attached hydrogen (secondary N) is 1. The van der Waals surface area contributed by atoms with Gasteiger partial charge in [0, 0.05) is 26.3 Å². The molecule has 0 unspecified atom stereocenters. The molecular weight excluding hydrogens is 278 g/mol. The first-order valence-electron chi connectivity index (χ1n) is 6.42. The maximum absolute atomic E-state index is 12.4. The van der Waals surface area contributed by atoms with Crippen LogP contribution in [0.2, 0.25) is 0 Å². The highest BCUT2D eigenvalue weighted by atomic mass is 32.2. The molecule has 0 radical (unpaired) electrons. The number of hydrogen-bond acceptors (Lipinski definition) is 5. The molecule has 7 nitrogen and oxygen atoms in total. The molecular formula is C12H19N5O2S. The van der Waals surface area contributed by atoms with Gasteiger partial charge in [-0.05, 0) is 26.8 Å². The topological polar surface area (TPSA) is 91.0 Å². The first-order chi connectivity index (χ1) is 9.28. The van der Waals surface area contributed by atoms with Crippen LogP contribution in [0.4, 0.5) is 0 Å². The number of nitriles is 1. The molecule has 0 saturated carbocycles. The molecule has 8 heteroatoms. The first-order valence-corrected chi connectivity index (χ1v) is 7.90. The van der Waals surface area contributed by atoms with Crippen LogP contribution in [-0.4, -0.2) is 48.5 Å². The number of imidazole rings is 1. The Morgan fingerprint density at radius 2 is 2.00 bits per heavy atom. The number of aryl methyl sites for hydroxylation is 2. The average molecular weight is 297 g/mol. The summed E-state index contributed by atoms with van der Waals surface area (Å²) in [6, 6.07) is 2.13. The molecule has 0 spiro atoms. The summed E-state index contributed by atoms with van der Waals surface area (Å²) in [5.74, 6) is 0.611. The molecule has 110 valence electrons. The second-order valence-corrected chi connectivity index (χ2v) is 6.97. The summed E-state index contributed by atoms with van der Waals surface area (Å²) in [6.45, 7) is 3.11. The van der Waals surface area contributed by atoms with E-state index in [1.807, 2.05) is 7.05 Å². The molecule has 1 aliphatic rings. The highest BCUT2D eigenvalue weighted by molar-refractivity contribution is 7.89. The van der Waals surface area contributed by atoms with Gasteiger partial charge in [-0.15, -0.1) is 0 Å². The van der Waals surface area contributed by atoms with E-state index < -0.39 is 15.6 Å². The van der Waals surface area contributed by atoms with Crippen molar-refractivity contribution >= 4 is 10.0 Å². The Labute approximate surface area is 119 Å². The van der Waals surface area contributed by atoms with E-state index in [1.54, 1.807) is 18.5 Å². The second-order valence-electron chi connectivity index (χ2n) is 5.34. The lowest BCUT2D eigenvalue weighted by atomic mass is 9.91. The van der Waals surface area contributed by atoms with Crippen LogP contribution in [-0.2, 0) is 17.1 Å². The molecule has 0 aromatic carbocycles. The highest BCUT2D eigenvalue weighted by Gasteiger charge is 2.38. The minimum atomic E-state index is -3.77. The molecule has 2 rings (SSSR count). The largest absolute Gasteiger partial charge is 0.337 e. The molecule has 2 heterocycles. The van der Waals surface area contributed by atoms with Gasteiger partial charge in [-0.3, -0.25) is 0 Å². The number of hydrogen-bond donors (Lipinski definition) is 1. The van der Waals surface area contributed by atoms with E-state index in [2.05, 4.69) is 20.7 Å². The Kier molecular flexibility index (Phi) is 3.86. The molecule has 1 aromatic rings. The third kappa shape index (κ3) is 2.85. The van der Waals surface area contributed by atoms with Crippen LogP contribution in [0.25, 0.3) is 0 Å². The van der Waals surface area contributed by atoms with Gasteiger partial charge in [0.1, 0.15) is 11.4 Å². The summed E-state index contributed by atoms with van der Waals surface area (Å²) >= 11 is 0. The molecule has 1 saturated heterocycles. The van der Waals surface area contributed by atoms with Gasteiger partial charge in [-0.25, -0.2) is 13.4 Å².